The van der Waals surface area contributed by atoms with E-state index in [4.69, 9.17) is 4.74 Å². The topological polar surface area (TPSA) is 59.5 Å². The average molecular weight is 340 g/mol. The van der Waals surface area contributed by atoms with E-state index in [1.807, 2.05) is 49.1 Å². The van der Waals surface area contributed by atoms with Crippen molar-refractivity contribution in [1.82, 2.24) is 9.88 Å². The Kier molecular flexibility index (Phi) is 5.02. The van der Waals surface area contributed by atoms with E-state index < -0.39 is 12.1 Å². The summed E-state index contributed by atoms with van der Waals surface area (Å²) >= 11 is 0. The average Bonchev–Trinajstić information content (AvgIpc) is 2.60. The summed E-state index contributed by atoms with van der Waals surface area (Å²) in [5.74, 6) is -0.697. The van der Waals surface area contributed by atoms with Crippen molar-refractivity contribution >= 4 is 22.8 Å². The predicted molar refractivity (Wildman–Crippen MR) is 96.2 cm³/mol. The molecule has 0 unspecified atom stereocenters. The van der Waals surface area contributed by atoms with Gasteiger partial charge in [-0.3, -0.25) is 4.79 Å². The molecule has 25 heavy (non-hydrogen) atoms. The van der Waals surface area contributed by atoms with Gasteiger partial charge in [0.05, 0.1) is 5.52 Å². The first kappa shape index (κ1) is 17.4. The zero-order valence-electron chi connectivity index (χ0n) is 14.9. The zero-order chi connectivity index (χ0) is 18.0. The zero-order valence-corrected chi connectivity index (χ0v) is 14.9. The van der Waals surface area contributed by atoms with Gasteiger partial charge in [0.15, 0.2) is 6.10 Å². The molecule has 0 radical (unpaired) electrons. The van der Waals surface area contributed by atoms with Crippen molar-refractivity contribution in [2.45, 2.75) is 58.2 Å². The number of pyridine rings is 1. The molecule has 1 amide bonds. The van der Waals surface area contributed by atoms with E-state index in [1.54, 1.807) is 13.0 Å². The molecular formula is C20H24N2O3. The molecule has 0 bridgehead atoms. The molecule has 0 aliphatic carbocycles. The molecule has 5 heteroatoms. The Morgan fingerprint density at radius 2 is 1.80 bits per heavy atom. The van der Waals surface area contributed by atoms with Crippen LogP contribution in [-0.2, 0) is 9.53 Å². The summed E-state index contributed by atoms with van der Waals surface area (Å²) in [6, 6.07) is 11.4. The van der Waals surface area contributed by atoms with Gasteiger partial charge in [-0.25, -0.2) is 9.78 Å². The molecule has 1 aliphatic heterocycles. The first-order valence-electron chi connectivity index (χ1n) is 8.86. The molecule has 0 N–H and O–H groups in total. The Balaban J connectivity index is 1.71. The van der Waals surface area contributed by atoms with Crippen molar-refractivity contribution in [3.8, 4) is 0 Å². The number of hydrogen-bond acceptors (Lipinski definition) is 4. The molecule has 2 heterocycles. The lowest BCUT2D eigenvalue weighted by molar-refractivity contribution is -0.146. The SMILES string of the molecule is C[C@@H]1CCC[C@@H](C)N1C(=O)[C@@H](C)OC(=O)c1ccc2ccccc2n1. The third-order valence-corrected chi connectivity index (χ3v) is 4.89. The first-order valence-corrected chi connectivity index (χ1v) is 8.86. The number of benzene rings is 1. The van der Waals surface area contributed by atoms with Crippen LogP contribution in [0.3, 0.4) is 0 Å². The van der Waals surface area contributed by atoms with Crippen LogP contribution in [0.5, 0.6) is 0 Å². The highest BCUT2D eigenvalue weighted by molar-refractivity contribution is 5.93. The van der Waals surface area contributed by atoms with Crippen molar-refractivity contribution in [2.75, 3.05) is 0 Å². The van der Waals surface area contributed by atoms with Crippen LogP contribution < -0.4 is 0 Å². The van der Waals surface area contributed by atoms with Crippen LogP contribution in [0.15, 0.2) is 36.4 Å². The number of piperidine rings is 1. The quantitative estimate of drug-likeness (QED) is 0.802. The van der Waals surface area contributed by atoms with Gasteiger partial charge in [-0.1, -0.05) is 24.3 Å². The molecule has 1 aliphatic rings. The molecule has 1 aromatic heterocycles. The highest BCUT2D eigenvalue weighted by Crippen LogP contribution is 2.24. The number of esters is 1. The number of fused-ring (bicyclic) bond motifs is 1. The van der Waals surface area contributed by atoms with Crippen LogP contribution >= 0.6 is 0 Å². The summed E-state index contributed by atoms with van der Waals surface area (Å²) in [5, 5.41) is 0.958. The van der Waals surface area contributed by atoms with Crippen LogP contribution in [0.2, 0.25) is 0 Å². The third-order valence-electron chi connectivity index (χ3n) is 4.89. The van der Waals surface area contributed by atoms with Gasteiger partial charge in [0, 0.05) is 17.5 Å². The maximum absolute atomic E-state index is 12.7. The smallest absolute Gasteiger partial charge is 0.357 e. The molecule has 2 aromatic rings. The van der Waals surface area contributed by atoms with Gasteiger partial charge in [0.25, 0.3) is 5.91 Å². The van der Waals surface area contributed by atoms with Crippen molar-refractivity contribution < 1.29 is 14.3 Å². The maximum Gasteiger partial charge on any atom is 0.357 e. The number of carbonyl (C=O) groups is 2. The number of amides is 1. The summed E-state index contributed by atoms with van der Waals surface area (Å²) < 4.78 is 5.40. The molecular weight excluding hydrogens is 316 g/mol. The predicted octanol–water partition coefficient (Wildman–Crippen LogP) is 3.57. The Labute approximate surface area is 148 Å². The van der Waals surface area contributed by atoms with E-state index >= 15 is 0 Å². The molecule has 0 spiro atoms. The van der Waals surface area contributed by atoms with E-state index in [-0.39, 0.29) is 23.7 Å². The first-order chi connectivity index (χ1) is 12.0. The number of rotatable bonds is 3. The lowest BCUT2D eigenvalue weighted by atomic mass is 9.97. The normalized spacial score (nSPS) is 21.8. The van der Waals surface area contributed by atoms with Gasteiger partial charge in [-0.05, 0) is 52.2 Å². The van der Waals surface area contributed by atoms with Gasteiger partial charge >= 0.3 is 5.97 Å². The Morgan fingerprint density at radius 1 is 1.12 bits per heavy atom. The van der Waals surface area contributed by atoms with Crippen LogP contribution in [0.4, 0.5) is 0 Å². The number of ether oxygens (including phenoxy) is 1. The van der Waals surface area contributed by atoms with Gasteiger partial charge in [0.1, 0.15) is 5.69 Å². The second kappa shape index (κ2) is 7.21. The summed E-state index contributed by atoms with van der Waals surface area (Å²) in [5.41, 5.74) is 0.951. The minimum atomic E-state index is -0.816. The number of para-hydroxylation sites is 1. The van der Waals surface area contributed by atoms with E-state index in [0.717, 1.165) is 30.2 Å². The van der Waals surface area contributed by atoms with Crippen molar-refractivity contribution in [2.24, 2.45) is 0 Å². The van der Waals surface area contributed by atoms with Crippen LogP contribution in [0.25, 0.3) is 10.9 Å². The highest BCUT2D eigenvalue weighted by atomic mass is 16.5. The fourth-order valence-corrected chi connectivity index (χ4v) is 3.52. The minimum absolute atomic E-state index is 0.131. The van der Waals surface area contributed by atoms with Crippen molar-refractivity contribution in [1.29, 1.82) is 0 Å². The number of aromatic nitrogens is 1. The Morgan fingerprint density at radius 3 is 2.52 bits per heavy atom. The lowest BCUT2D eigenvalue weighted by Gasteiger charge is -2.40. The van der Waals surface area contributed by atoms with Crippen LogP contribution in [0, 0.1) is 0 Å². The molecule has 132 valence electrons. The fraction of sp³-hybridized carbons (Fsp3) is 0.450. The second-order valence-corrected chi connectivity index (χ2v) is 6.81. The van der Waals surface area contributed by atoms with Crippen LogP contribution in [-0.4, -0.2) is 39.9 Å². The molecule has 1 aromatic carbocycles. The summed E-state index contributed by atoms with van der Waals surface area (Å²) in [7, 11) is 0. The summed E-state index contributed by atoms with van der Waals surface area (Å²) in [6.45, 7) is 5.73. The maximum atomic E-state index is 12.7. The van der Waals surface area contributed by atoms with E-state index in [9.17, 15) is 9.59 Å². The minimum Gasteiger partial charge on any atom is -0.448 e. The molecule has 0 saturated carbocycles. The lowest BCUT2D eigenvalue weighted by Crippen LogP contribution is -2.51. The number of carbonyl (C=O) groups excluding carboxylic acids is 2. The Hall–Kier alpha value is -2.43. The van der Waals surface area contributed by atoms with E-state index in [2.05, 4.69) is 4.98 Å². The van der Waals surface area contributed by atoms with E-state index in [0.29, 0.717) is 0 Å². The standard InChI is InChI=1S/C20H24N2O3/c1-13-7-6-8-14(2)22(13)19(23)15(3)25-20(24)18-12-11-16-9-4-5-10-17(16)21-18/h4-5,9-15H,6-8H2,1-3H3/t13-,14-,15-/m1/s1. The largest absolute Gasteiger partial charge is 0.448 e. The molecule has 5 nitrogen and oxygen atoms in total. The van der Waals surface area contributed by atoms with Crippen molar-refractivity contribution in [3.05, 3.63) is 42.1 Å². The van der Waals surface area contributed by atoms with E-state index in [1.165, 1.54) is 0 Å². The summed E-state index contributed by atoms with van der Waals surface area (Å²) in [4.78, 5) is 31.3. The van der Waals surface area contributed by atoms with Crippen molar-refractivity contribution in [3.63, 3.8) is 0 Å². The monoisotopic (exact) mass is 340 g/mol. The molecule has 3 rings (SSSR count). The van der Waals surface area contributed by atoms with Gasteiger partial charge in [-0.15, -0.1) is 0 Å². The molecule has 1 saturated heterocycles. The number of nitrogens with zero attached hydrogens (tertiary/aromatic N) is 2. The number of likely N-dealkylation sites (tertiary alicyclic amines) is 1. The summed E-state index contributed by atoms with van der Waals surface area (Å²) in [6.07, 6.45) is 2.29. The van der Waals surface area contributed by atoms with Gasteiger partial charge in [0.2, 0.25) is 0 Å². The fourth-order valence-electron chi connectivity index (χ4n) is 3.52. The molecule has 1 fully saturated rings. The molecule has 3 atom stereocenters. The van der Waals surface area contributed by atoms with Gasteiger partial charge in [-0.2, -0.15) is 0 Å². The Bertz CT molecular complexity index is 779. The third kappa shape index (κ3) is 3.65. The van der Waals surface area contributed by atoms with Gasteiger partial charge < -0.3 is 9.64 Å². The number of hydrogen-bond donors (Lipinski definition) is 0. The second-order valence-electron chi connectivity index (χ2n) is 6.81. The van der Waals surface area contributed by atoms with Crippen LogP contribution in [0.1, 0.15) is 50.5 Å². The highest BCUT2D eigenvalue weighted by Gasteiger charge is 2.33.